The van der Waals surface area contributed by atoms with Crippen molar-refractivity contribution in [2.75, 3.05) is 12.4 Å². The highest BCUT2D eigenvalue weighted by Crippen LogP contribution is 2.20. The molecule has 6 heteroatoms. The SMILES string of the molecule is COC(=O)CCc1c(C)nn(-c2ccc(C(=O)Nc3ccccc3)cc2)c1C. The van der Waals surface area contributed by atoms with Crippen LogP contribution in [0.1, 0.15) is 33.7 Å². The molecule has 3 rings (SSSR count). The van der Waals surface area contributed by atoms with Crippen molar-refractivity contribution in [2.24, 2.45) is 0 Å². The molecule has 1 amide bonds. The molecule has 0 aliphatic carbocycles. The lowest BCUT2D eigenvalue weighted by atomic mass is 10.1. The number of nitrogens with zero attached hydrogens (tertiary/aromatic N) is 2. The highest BCUT2D eigenvalue weighted by Gasteiger charge is 2.15. The minimum atomic E-state index is -0.236. The lowest BCUT2D eigenvalue weighted by Crippen LogP contribution is -2.12. The Kier molecular flexibility index (Phi) is 5.89. The predicted molar refractivity (Wildman–Crippen MR) is 108 cm³/mol. The third kappa shape index (κ3) is 4.28. The molecule has 3 aromatic rings. The molecule has 0 saturated heterocycles. The van der Waals surface area contributed by atoms with Gasteiger partial charge in [0.2, 0.25) is 0 Å². The molecular weight excluding hydrogens is 354 g/mol. The molecule has 1 heterocycles. The molecule has 144 valence electrons. The Balaban J connectivity index is 1.76. The molecule has 0 aliphatic rings. The van der Waals surface area contributed by atoms with E-state index in [0.29, 0.717) is 18.4 Å². The molecule has 0 bridgehead atoms. The second-order valence-electron chi connectivity index (χ2n) is 6.50. The van der Waals surface area contributed by atoms with Crippen molar-refractivity contribution in [3.8, 4) is 5.69 Å². The van der Waals surface area contributed by atoms with Gasteiger partial charge in [-0.1, -0.05) is 18.2 Å². The number of hydrogen-bond acceptors (Lipinski definition) is 4. The molecular formula is C22H23N3O3. The Morgan fingerprint density at radius 1 is 1.04 bits per heavy atom. The number of carbonyl (C=O) groups excluding carboxylic acids is 2. The predicted octanol–water partition coefficient (Wildman–Crippen LogP) is 3.85. The third-order valence-electron chi connectivity index (χ3n) is 4.65. The van der Waals surface area contributed by atoms with E-state index in [1.54, 1.807) is 12.1 Å². The number of aromatic nitrogens is 2. The maximum Gasteiger partial charge on any atom is 0.305 e. The summed E-state index contributed by atoms with van der Waals surface area (Å²) in [5.41, 5.74) is 5.08. The van der Waals surface area contributed by atoms with E-state index in [9.17, 15) is 9.59 Å². The summed E-state index contributed by atoms with van der Waals surface area (Å²) in [4.78, 5) is 23.8. The number of amides is 1. The second-order valence-corrected chi connectivity index (χ2v) is 6.50. The first-order chi connectivity index (χ1) is 13.5. The van der Waals surface area contributed by atoms with Gasteiger partial charge in [0.1, 0.15) is 0 Å². The van der Waals surface area contributed by atoms with Crippen LogP contribution in [-0.2, 0) is 16.0 Å². The monoisotopic (exact) mass is 377 g/mol. The zero-order chi connectivity index (χ0) is 20.1. The van der Waals surface area contributed by atoms with Gasteiger partial charge in [0, 0.05) is 23.4 Å². The fourth-order valence-corrected chi connectivity index (χ4v) is 3.10. The first kappa shape index (κ1) is 19.4. The highest BCUT2D eigenvalue weighted by atomic mass is 16.5. The molecule has 0 unspecified atom stereocenters. The van der Waals surface area contributed by atoms with Crippen molar-refractivity contribution < 1.29 is 14.3 Å². The fraction of sp³-hybridized carbons (Fsp3) is 0.227. The van der Waals surface area contributed by atoms with Gasteiger partial charge in [0.05, 0.1) is 18.5 Å². The van der Waals surface area contributed by atoms with Gasteiger partial charge < -0.3 is 10.1 Å². The van der Waals surface area contributed by atoms with E-state index in [0.717, 1.165) is 28.3 Å². The van der Waals surface area contributed by atoms with Crippen molar-refractivity contribution in [2.45, 2.75) is 26.7 Å². The van der Waals surface area contributed by atoms with Crippen LogP contribution in [0.25, 0.3) is 5.69 Å². The Bertz CT molecular complexity index is 976. The van der Waals surface area contributed by atoms with Gasteiger partial charge >= 0.3 is 5.97 Å². The maximum atomic E-state index is 12.4. The quantitative estimate of drug-likeness (QED) is 0.662. The average Bonchev–Trinajstić information content (AvgIpc) is 3.00. The summed E-state index contributed by atoms with van der Waals surface area (Å²) in [6.45, 7) is 3.90. The van der Waals surface area contributed by atoms with Crippen LogP contribution in [0.15, 0.2) is 54.6 Å². The van der Waals surface area contributed by atoms with Crippen LogP contribution in [-0.4, -0.2) is 28.8 Å². The third-order valence-corrected chi connectivity index (χ3v) is 4.65. The summed E-state index contributed by atoms with van der Waals surface area (Å²) in [6, 6.07) is 16.6. The number of methoxy groups -OCH3 is 1. The minimum Gasteiger partial charge on any atom is -0.469 e. The van der Waals surface area contributed by atoms with Crippen LogP contribution in [0.2, 0.25) is 0 Å². The van der Waals surface area contributed by atoms with Crippen LogP contribution >= 0.6 is 0 Å². The molecule has 0 fully saturated rings. The number of anilines is 1. The molecule has 0 radical (unpaired) electrons. The van der Waals surface area contributed by atoms with E-state index < -0.39 is 0 Å². The van der Waals surface area contributed by atoms with Crippen molar-refractivity contribution in [3.63, 3.8) is 0 Å². The molecule has 0 saturated carbocycles. The molecule has 1 N–H and O–H groups in total. The Morgan fingerprint density at radius 2 is 1.71 bits per heavy atom. The van der Waals surface area contributed by atoms with Crippen molar-refractivity contribution in [3.05, 3.63) is 77.1 Å². The fourth-order valence-electron chi connectivity index (χ4n) is 3.10. The van der Waals surface area contributed by atoms with Gasteiger partial charge in [-0.15, -0.1) is 0 Å². The second kappa shape index (κ2) is 8.52. The van der Waals surface area contributed by atoms with E-state index in [1.807, 2.05) is 61.0 Å². The van der Waals surface area contributed by atoms with Crippen molar-refractivity contribution >= 4 is 17.6 Å². The van der Waals surface area contributed by atoms with E-state index in [4.69, 9.17) is 4.74 Å². The topological polar surface area (TPSA) is 73.2 Å². The molecule has 28 heavy (non-hydrogen) atoms. The van der Waals surface area contributed by atoms with Crippen molar-refractivity contribution in [1.82, 2.24) is 9.78 Å². The van der Waals surface area contributed by atoms with Crippen molar-refractivity contribution in [1.29, 1.82) is 0 Å². The number of aryl methyl sites for hydroxylation is 1. The first-order valence-electron chi connectivity index (χ1n) is 9.08. The number of carbonyl (C=O) groups is 2. The average molecular weight is 377 g/mol. The normalized spacial score (nSPS) is 10.5. The van der Waals surface area contributed by atoms with Gasteiger partial charge in [0.25, 0.3) is 5.91 Å². The Morgan fingerprint density at radius 3 is 2.36 bits per heavy atom. The number of nitrogens with one attached hydrogen (secondary N) is 1. The summed E-state index contributed by atoms with van der Waals surface area (Å²) in [6.07, 6.45) is 0.907. The minimum absolute atomic E-state index is 0.162. The van der Waals surface area contributed by atoms with E-state index in [1.165, 1.54) is 7.11 Å². The van der Waals surface area contributed by atoms with Gasteiger partial charge in [-0.25, -0.2) is 4.68 Å². The smallest absolute Gasteiger partial charge is 0.305 e. The zero-order valence-electron chi connectivity index (χ0n) is 16.2. The molecule has 6 nitrogen and oxygen atoms in total. The van der Waals surface area contributed by atoms with Crippen LogP contribution < -0.4 is 5.32 Å². The summed E-state index contributed by atoms with van der Waals surface area (Å²) in [5, 5.41) is 7.46. The molecule has 2 aromatic carbocycles. The van der Waals surface area contributed by atoms with Gasteiger partial charge in [-0.05, 0) is 62.2 Å². The number of benzene rings is 2. The van der Waals surface area contributed by atoms with E-state index >= 15 is 0 Å². The van der Waals surface area contributed by atoms with Gasteiger partial charge in [0.15, 0.2) is 0 Å². The number of ether oxygens (including phenoxy) is 1. The lowest BCUT2D eigenvalue weighted by Gasteiger charge is -2.08. The molecule has 1 aromatic heterocycles. The summed E-state index contributed by atoms with van der Waals surface area (Å²) >= 11 is 0. The van der Waals surface area contributed by atoms with Crippen LogP contribution in [0, 0.1) is 13.8 Å². The Labute approximate surface area is 164 Å². The zero-order valence-corrected chi connectivity index (χ0v) is 16.2. The highest BCUT2D eigenvalue weighted by molar-refractivity contribution is 6.04. The van der Waals surface area contributed by atoms with Crippen LogP contribution in [0.4, 0.5) is 5.69 Å². The number of rotatable bonds is 6. The molecule has 0 aliphatic heterocycles. The lowest BCUT2D eigenvalue weighted by molar-refractivity contribution is -0.140. The molecule has 0 atom stereocenters. The van der Waals surface area contributed by atoms with Crippen LogP contribution in [0.3, 0.4) is 0 Å². The molecule has 0 spiro atoms. The van der Waals surface area contributed by atoms with Crippen LogP contribution in [0.5, 0.6) is 0 Å². The number of hydrogen-bond donors (Lipinski definition) is 1. The summed E-state index contributed by atoms with van der Waals surface area (Å²) in [7, 11) is 1.39. The van der Waals surface area contributed by atoms with E-state index in [-0.39, 0.29) is 11.9 Å². The largest absolute Gasteiger partial charge is 0.469 e. The standard InChI is InChI=1S/C22H23N3O3/c1-15-20(13-14-21(26)28-3)16(2)25(24-15)19-11-9-17(10-12-19)22(27)23-18-7-5-4-6-8-18/h4-12H,13-14H2,1-3H3,(H,23,27). The maximum absolute atomic E-state index is 12.4. The van der Waals surface area contributed by atoms with Gasteiger partial charge in [-0.2, -0.15) is 5.10 Å². The summed E-state index contributed by atoms with van der Waals surface area (Å²) < 4.78 is 6.55. The first-order valence-corrected chi connectivity index (χ1v) is 9.08. The summed E-state index contributed by atoms with van der Waals surface area (Å²) in [5.74, 6) is -0.398. The Hall–Kier alpha value is -3.41. The number of para-hydroxylation sites is 1. The van der Waals surface area contributed by atoms with Gasteiger partial charge in [-0.3, -0.25) is 9.59 Å². The van der Waals surface area contributed by atoms with E-state index in [2.05, 4.69) is 10.4 Å². The number of esters is 1.